The summed E-state index contributed by atoms with van der Waals surface area (Å²) in [4.78, 5) is 0.0593. The third-order valence-corrected chi connectivity index (χ3v) is 8.23. The Bertz CT molecular complexity index is 1530. The molecule has 0 aromatic heterocycles. The van der Waals surface area contributed by atoms with Crippen molar-refractivity contribution in [2.45, 2.75) is 35.9 Å². The highest BCUT2D eigenvalue weighted by Gasteiger charge is 2.63. The summed E-state index contributed by atoms with van der Waals surface area (Å²) in [5, 5.41) is 7.28. The van der Waals surface area contributed by atoms with E-state index in [-0.39, 0.29) is 34.3 Å². The van der Waals surface area contributed by atoms with Gasteiger partial charge in [0.25, 0.3) is 0 Å². The number of hydrogen-bond acceptors (Lipinski definition) is 5. The molecule has 0 spiro atoms. The number of nitrogens with zero attached hydrogens (tertiary/aromatic N) is 2. The van der Waals surface area contributed by atoms with Gasteiger partial charge in [0.2, 0.25) is 0 Å². The molecule has 0 saturated heterocycles. The van der Waals surface area contributed by atoms with E-state index in [0.29, 0.717) is 30.2 Å². The molecule has 0 radical (unpaired) electrons. The van der Waals surface area contributed by atoms with Crippen molar-refractivity contribution >= 4 is 33.6 Å². The number of alkyl halides is 5. The second kappa shape index (κ2) is 12.4. The minimum absolute atomic E-state index is 0. The molecule has 1 aliphatic heterocycles. The standard InChI is InChI=1S/C27H24F7N3O2S.ClH/c1-35-11-4-12-40(38,39)21-8-3-6-18(14-21)17-5-2-7-20(13-17)37-24(22-10-9-19(28)15-23(22)29)16-25(36-37)26(30,31)27(32,33)34;/h2-3,5-10,13-15,24,35H,4,11-12,16H2,1H3;1H. The van der Waals surface area contributed by atoms with Gasteiger partial charge in [0.15, 0.2) is 9.84 Å². The van der Waals surface area contributed by atoms with E-state index in [2.05, 4.69) is 10.4 Å². The highest BCUT2D eigenvalue weighted by Crippen LogP contribution is 2.45. The van der Waals surface area contributed by atoms with Gasteiger partial charge >= 0.3 is 12.1 Å². The van der Waals surface area contributed by atoms with Crippen LogP contribution in [0.3, 0.4) is 0 Å². The van der Waals surface area contributed by atoms with Crippen LogP contribution in [-0.4, -0.2) is 45.6 Å². The first-order chi connectivity index (χ1) is 18.7. The van der Waals surface area contributed by atoms with Crippen molar-refractivity contribution in [3.8, 4) is 11.1 Å². The van der Waals surface area contributed by atoms with Gasteiger partial charge in [-0.3, -0.25) is 5.01 Å². The van der Waals surface area contributed by atoms with E-state index in [1.807, 2.05) is 0 Å². The van der Waals surface area contributed by atoms with Crippen molar-refractivity contribution in [2.24, 2.45) is 5.10 Å². The average molecular weight is 624 g/mol. The Kier molecular flexibility index (Phi) is 9.77. The van der Waals surface area contributed by atoms with E-state index in [1.165, 1.54) is 36.4 Å². The summed E-state index contributed by atoms with van der Waals surface area (Å²) in [5.74, 6) is -7.46. The molecule has 0 aliphatic carbocycles. The van der Waals surface area contributed by atoms with Crippen LogP contribution in [0, 0.1) is 11.6 Å². The summed E-state index contributed by atoms with van der Waals surface area (Å²) < 4.78 is 122. The second-order valence-electron chi connectivity index (χ2n) is 9.20. The molecule has 3 aromatic carbocycles. The van der Waals surface area contributed by atoms with Gasteiger partial charge in [0, 0.05) is 18.1 Å². The van der Waals surface area contributed by atoms with Crippen LogP contribution in [0.1, 0.15) is 24.4 Å². The van der Waals surface area contributed by atoms with Gasteiger partial charge in [0.05, 0.1) is 22.4 Å². The van der Waals surface area contributed by atoms with Crippen LogP contribution in [0.15, 0.2) is 76.7 Å². The zero-order valence-electron chi connectivity index (χ0n) is 21.4. The zero-order chi connectivity index (χ0) is 29.3. The first-order valence-electron chi connectivity index (χ1n) is 12.1. The first-order valence-corrected chi connectivity index (χ1v) is 13.7. The predicted molar refractivity (Wildman–Crippen MR) is 144 cm³/mol. The maximum absolute atomic E-state index is 14.7. The van der Waals surface area contributed by atoms with Gasteiger partial charge in [-0.1, -0.05) is 30.3 Å². The van der Waals surface area contributed by atoms with Gasteiger partial charge in [-0.15, -0.1) is 12.4 Å². The minimum atomic E-state index is -5.94. The molecule has 0 saturated carbocycles. The summed E-state index contributed by atoms with van der Waals surface area (Å²) >= 11 is 0. The summed E-state index contributed by atoms with van der Waals surface area (Å²) in [5.41, 5.74) is -0.951. The average Bonchev–Trinajstić information content (AvgIpc) is 3.34. The van der Waals surface area contributed by atoms with E-state index >= 15 is 0 Å². The number of rotatable bonds is 9. The van der Waals surface area contributed by atoms with E-state index in [4.69, 9.17) is 0 Å². The lowest BCUT2D eigenvalue weighted by Gasteiger charge is -2.25. The smallest absolute Gasteiger partial charge is 0.320 e. The first kappa shape index (κ1) is 32.4. The molecular weight excluding hydrogens is 599 g/mol. The van der Waals surface area contributed by atoms with Crippen molar-refractivity contribution in [3.63, 3.8) is 0 Å². The Morgan fingerprint density at radius 2 is 1.61 bits per heavy atom. The van der Waals surface area contributed by atoms with Crippen molar-refractivity contribution in [1.82, 2.24) is 5.32 Å². The number of hydrazone groups is 1. The zero-order valence-corrected chi connectivity index (χ0v) is 23.1. The van der Waals surface area contributed by atoms with Crippen LogP contribution in [0.4, 0.5) is 36.4 Å². The molecule has 14 heteroatoms. The Labute approximate surface area is 238 Å². The number of benzene rings is 3. The fraction of sp³-hybridized carbons (Fsp3) is 0.296. The molecule has 5 nitrogen and oxygen atoms in total. The number of anilines is 1. The molecule has 0 fully saturated rings. The summed E-state index contributed by atoms with van der Waals surface area (Å²) in [6.45, 7) is 0.502. The Morgan fingerprint density at radius 3 is 2.24 bits per heavy atom. The quantitative estimate of drug-likeness (QED) is 0.207. The van der Waals surface area contributed by atoms with Gasteiger partial charge in [-0.2, -0.15) is 27.1 Å². The molecule has 222 valence electrons. The third-order valence-electron chi connectivity index (χ3n) is 6.43. The minimum Gasteiger partial charge on any atom is -0.320 e. The van der Waals surface area contributed by atoms with E-state index in [1.54, 1.807) is 19.2 Å². The largest absolute Gasteiger partial charge is 0.459 e. The van der Waals surface area contributed by atoms with Crippen LogP contribution in [-0.2, 0) is 9.84 Å². The summed E-state index contributed by atoms with van der Waals surface area (Å²) in [7, 11) is -1.91. The fourth-order valence-electron chi connectivity index (χ4n) is 4.37. The fourth-order valence-corrected chi connectivity index (χ4v) is 5.72. The van der Waals surface area contributed by atoms with E-state index < -0.39 is 51.7 Å². The van der Waals surface area contributed by atoms with Crippen molar-refractivity contribution in [1.29, 1.82) is 0 Å². The molecule has 1 aliphatic rings. The van der Waals surface area contributed by atoms with Crippen LogP contribution >= 0.6 is 12.4 Å². The SMILES string of the molecule is CNCCCS(=O)(=O)c1cccc(-c2cccc(N3N=C(C(F)(F)C(F)(F)F)CC3c3ccc(F)cc3F)c2)c1.Cl. The third kappa shape index (κ3) is 6.84. The van der Waals surface area contributed by atoms with Gasteiger partial charge < -0.3 is 5.32 Å². The topological polar surface area (TPSA) is 61.8 Å². The molecule has 4 rings (SSSR count). The number of hydrogen-bond donors (Lipinski definition) is 1. The lowest BCUT2D eigenvalue weighted by molar-refractivity contribution is -0.249. The predicted octanol–water partition coefficient (Wildman–Crippen LogP) is 6.94. The Balaban J connectivity index is 0.00000462. The maximum atomic E-state index is 14.7. The maximum Gasteiger partial charge on any atom is 0.459 e. The van der Waals surface area contributed by atoms with Crippen LogP contribution in [0.2, 0.25) is 0 Å². The van der Waals surface area contributed by atoms with Crippen molar-refractivity contribution in [3.05, 3.63) is 83.9 Å². The van der Waals surface area contributed by atoms with Crippen molar-refractivity contribution < 1.29 is 39.2 Å². The Morgan fingerprint density at radius 1 is 0.951 bits per heavy atom. The number of nitrogens with one attached hydrogen (secondary N) is 1. The van der Waals surface area contributed by atoms with Gasteiger partial charge in [0.1, 0.15) is 17.3 Å². The Hall–Kier alpha value is -3.16. The second-order valence-corrected chi connectivity index (χ2v) is 11.3. The van der Waals surface area contributed by atoms with Crippen LogP contribution in [0.25, 0.3) is 11.1 Å². The molecule has 3 aromatic rings. The van der Waals surface area contributed by atoms with Gasteiger partial charge in [-0.25, -0.2) is 17.2 Å². The van der Waals surface area contributed by atoms with Crippen molar-refractivity contribution in [2.75, 3.05) is 24.4 Å². The monoisotopic (exact) mass is 623 g/mol. The highest BCUT2D eigenvalue weighted by molar-refractivity contribution is 7.91. The molecule has 1 heterocycles. The summed E-state index contributed by atoms with van der Waals surface area (Å²) in [6, 6.07) is 12.8. The number of halogens is 8. The molecule has 0 amide bonds. The summed E-state index contributed by atoms with van der Waals surface area (Å²) in [6.07, 6.45) is -6.52. The molecular formula is C27H25ClF7N3O2S. The molecule has 41 heavy (non-hydrogen) atoms. The lowest BCUT2D eigenvalue weighted by Crippen LogP contribution is -2.43. The molecule has 0 bridgehead atoms. The molecule has 1 atom stereocenters. The van der Waals surface area contributed by atoms with Crippen LogP contribution in [0.5, 0.6) is 0 Å². The van der Waals surface area contributed by atoms with Gasteiger partial charge in [-0.05, 0) is 61.5 Å². The molecule has 1 N–H and O–H groups in total. The van der Waals surface area contributed by atoms with E-state index in [0.717, 1.165) is 17.1 Å². The van der Waals surface area contributed by atoms with E-state index in [9.17, 15) is 39.2 Å². The van der Waals surface area contributed by atoms with Crippen LogP contribution < -0.4 is 10.3 Å². The number of sulfone groups is 1. The normalized spacial score (nSPS) is 16.0. The lowest BCUT2D eigenvalue weighted by atomic mass is 9.97. The highest BCUT2D eigenvalue weighted by atomic mass is 35.5. The molecule has 1 unspecified atom stereocenters.